The van der Waals surface area contributed by atoms with Crippen LogP contribution in [0.3, 0.4) is 0 Å². The number of phenols is 2. The number of carbonyl (C=O) groups excluding carboxylic acids is 2. The second-order valence-electron chi connectivity index (χ2n) is 15.2. The number of hydrogen-bond acceptors (Lipinski definition) is 18. The molecule has 2 aliphatic carbocycles. The van der Waals surface area contributed by atoms with Crippen LogP contribution in [0.25, 0.3) is 0 Å². The van der Waals surface area contributed by atoms with Gasteiger partial charge in [-0.05, 0) is 58.7 Å². The van der Waals surface area contributed by atoms with E-state index in [-0.39, 0.29) is 44.9 Å². The fourth-order valence-corrected chi connectivity index (χ4v) is 8.71. The summed E-state index contributed by atoms with van der Waals surface area (Å²) >= 11 is 0. The Balaban J connectivity index is 1.38. The fraction of sp³-hybridized carbons (Fsp3) is 0.333. The Morgan fingerprint density at radius 1 is 0.516 bits per heavy atom. The third kappa shape index (κ3) is 6.73. The molecule has 0 saturated carbocycles. The molecule has 62 heavy (non-hydrogen) atoms. The topological polar surface area (TPSA) is 348 Å². The lowest BCUT2D eigenvalue weighted by atomic mass is 9.63. The smallest absolute Gasteiger partial charge is 0.335 e. The predicted octanol–water partition coefficient (Wildman–Crippen LogP) is -1.10. The number of ketones is 2. The van der Waals surface area contributed by atoms with E-state index < -0.39 is 144 Å². The molecule has 4 aromatic rings. The minimum atomic E-state index is -1.94. The number of benzene rings is 4. The first-order valence-corrected chi connectivity index (χ1v) is 19.0. The van der Waals surface area contributed by atoms with Gasteiger partial charge in [0.25, 0.3) is 0 Å². The van der Waals surface area contributed by atoms with Crippen molar-refractivity contribution in [1.82, 2.24) is 0 Å². The summed E-state index contributed by atoms with van der Waals surface area (Å²) in [6.45, 7) is -1.64. The maximum absolute atomic E-state index is 14.7. The van der Waals surface area contributed by atoms with Gasteiger partial charge in [-0.15, -0.1) is 0 Å². The average Bonchev–Trinajstić information content (AvgIpc) is 3.24. The summed E-state index contributed by atoms with van der Waals surface area (Å²) in [7, 11) is 0. The molecule has 4 aromatic carbocycles. The van der Waals surface area contributed by atoms with Gasteiger partial charge in [0.1, 0.15) is 71.8 Å². The molecule has 326 valence electrons. The fourth-order valence-electron chi connectivity index (χ4n) is 8.71. The summed E-state index contributed by atoms with van der Waals surface area (Å²) < 4.78 is 23.0. The van der Waals surface area contributed by atoms with Crippen molar-refractivity contribution in [2.24, 2.45) is 0 Å². The molecular weight excluding hydrogens is 824 g/mol. The van der Waals surface area contributed by atoms with Gasteiger partial charge in [-0.25, -0.2) is 9.59 Å². The van der Waals surface area contributed by atoms with Crippen molar-refractivity contribution < 1.29 is 99.4 Å². The lowest BCUT2D eigenvalue weighted by molar-refractivity contribution is -0.277. The van der Waals surface area contributed by atoms with Crippen molar-refractivity contribution in [2.75, 3.05) is 13.2 Å². The first-order valence-electron chi connectivity index (χ1n) is 19.0. The number of aliphatic hydroxyl groups is 8. The molecule has 20 heteroatoms. The zero-order valence-electron chi connectivity index (χ0n) is 31.7. The summed E-state index contributed by atoms with van der Waals surface area (Å²) in [6, 6.07) is 11.9. The van der Waals surface area contributed by atoms with Crippen molar-refractivity contribution in [3.05, 3.63) is 116 Å². The van der Waals surface area contributed by atoms with Crippen LogP contribution in [0.15, 0.2) is 60.7 Å². The van der Waals surface area contributed by atoms with E-state index >= 15 is 0 Å². The van der Waals surface area contributed by atoms with Crippen molar-refractivity contribution >= 4 is 23.5 Å². The lowest BCUT2D eigenvalue weighted by Crippen LogP contribution is -2.60. The van der Waals surface area contributed by atoms with Gasteiger partial charge in [-0.3, -0.25) is 9.59 Å². The molecule has 2 saturated heterocycles. The third-order valence-corrected chi connectivity index (χ3v) is 11.7. The highest BCUT2D eigenvalue weighted by Gasteiger charge is 2.50. The van der Waals surface area contributed by atoms with Crippen LogP contribution in [0.2, 0.25) is 0 Å². The number of aromatic carboxylic acids is 2. The molecule has 0 aromatic heterocycles. The molecule has 12 atom stereocenters. The van der Waals surface area contributed by atoms with E-state index in [0.717, 1.165) is 24.3 Å². The van der Waals surface area contributed by atoms with Crippen LogP contribution >= 0.6 is 0 Å². The number of carbonyl (C=O) groups is 4. The van der Waals surface area contributed by atoms with Gasteiger partial charge in [0, 0.05) is 11.8 Å². The van der Waals surface area contributed by atoms with E-state index in [0.29, 0.717) is 0 Å². The zero-order chi connectivity index (χ0) is 44.6. The van der Waals surface area contributed by atoms with Gasteiger partial charge in [-0.2, -0.15) is 0 Å². The maximum Gasteiger partial charge on any atom is 0.335 e. The molecule has 0 bridgehead atoms. The van der Waals surface area contributed by atoms with Crippen LogP contribution in [0.4, 0.5) is 0 Å². The molecular formula is C42H38O20. The van der Waals surface area contributed by atoms with E-state index in [2.05, 4.69) is 0 Å². The van der Waals surface area contributed by atoms with E-state index in [4.69, 9.17) is 18.9 Å². The van der Waals surface area contributed by atoms with Crippen molar-refractivity contribution in [1.29, 1.82) is 0 Å². The summed E-state index contributed by atoms with van der Waals surface area (Å²) in [5.41, 5.74) is -2.87. The summed E-state index contributed by atoms with van der Waals surface area (Å²) in [5.74, 6) is -10.1. The number of aromatic hydroxyl groups is 2. The number of aliphatic hydroxyl groups excluding tert-OH is 8. The van der Waals surface area contributed by atoms with E-state index in [1.54, 1.807) is 0 Å². The maximum atomic E-state index is 14.7. The Kier molecular flexibility index (Phi) is 11.0. The van der Waals surface area contributed by atoms with E-state index in [1.165, 1.54) is 36.4 Å². The largest absolute Gasteiger partial charge is 0.507 e. The molecule has 3 unspecified atom stereocenters. The van der Waals surface area contributed by atoms with Gasteiger partial charge in [0.05, 0.1) is 46.6 Å². The average molecular weight is 863 g/mol. The Bertz CT molecular complexity index is 2330. The van der Waals surface area contributed by atoms with Crippen LogP contribution < -0.4 is 9.47 Å². The van der Waals surface area contributed by atoms with Crippen LogP contribution in [-0.4, -0.2) is 159 Å². The molecule has 4 aliphatic rings. The molecule has 0 spiro atoms. The first kappa shape index (κ1) is 42.6. The number of phenolic OH excluding ortho intramolecular Hbond substituents is 2. The summed E-state index contributed by atoms with van der Waals surface area (Å²) in [6.07, 6.45) is -17.7. The van der Waals surface area contributed by atoms with Crippen molar-refractivity contribution in [2.45, 2.75) is 73.2 Å². The third-order valence-electron chi connectivity index (χ3n) is 11.7. The van der Waals surface area contributed by atoms with E-state index in [9.17, 15) is 80.5 Å². The van der Waals surface area contributed by atoms with Gasteiger partial charge in [-0.1, -0.05) is 24.3 Å². The quantitative estimate of drug-likeness (QED) is 0.0950. The summed E-state index contributed by atoms with van der Waals surface area (Å²) in [5, 5.41) is 126. The minimum absolute atomic E-state index is 0.00301. The highest BCUT2D eigenvalue weighted by atomic mass is 16.7. The van der Waals surface area contributed by atoms with E-state index in [1.807, 2.05) is 0 Å². The molecule has 2 fully saturated rings. The monoisotopic (exact) mass is 862 g/mol. The van der Waals surface area contributed by atoms with Crippen LogP contribution in [0.5, 0.6) is 23.0 Å². The molecule has 0 radical (unpaired) electrons. The first-order chi connectivity index (χ1) is 29.5. The zero-order valence-corrected chi connectivity index (χ0v) is 31.7. The van der Waals surface area contributed by atoms with Crippen LogP contribution in [0.1, 0.15) is 86.6 Å². The number of rotatable bonds is 9. The second kappa shape index (κ2) is 16.0. The number of fused-ring (bicyclic) bond motifs is 4. The standard InChI is InChI=1S/C42H38O20/c43-11-23-31(47)35(51)37(53)41(61-23)59-21-5-1-3-15-25(17-7-13(39(55)56)9-19(45)27(17)33(49)29(15)21)26-16-4-2-6-22(60-42-38(54)36(52)32(48)24(12-44)62-42)30(16)34(50)28-18(26)8-14(40(57)58)10-20(28)46/h1-10,23-26,31-32,35-38,41-48,51-54H,11-12H2,(H,55,56)(H,57,58)/t23-,24?,25?,26-,31-,32-,35+,36+,37-,38-,41?,42-/m1/s1. The molecule has 2 heterocycles. The minimum Gasteiger partial charge on any atom is -0.507 e. The normalized spacial score (nSPS) is 30.1. The Morgan fingerprint density at radius 2 is 0.887 bits per heavy atom. The highest BCUT2D eigenvalue weighted by Crippen LogP contribution is 2.56. The Labute approximate surface area is 348 Å². The molecule has 12 N–H and O–H groups in total. The molecule has 8 rings (SSSR count). The van der Waals surface area contributed by atoms with Gasteiger partial charge in [0.15, 0.2) is 0 Å². The Morgan fingerprint density at radius 3 is 1.23 bits per heavy atom. The molecule has 20 nitrogen and oxygen atoms in total. The molecule has 2 aliphatic heterocycles. The number of carboxylic acids is 2. The lowest BCUT2D eigenvalue weighted by Gasteiger charge is -2.41. The van der Waals surface area contributed by atoms with Gasteiger partial charge in [0.2, 0.25) is 24.1 Å². The van der Waals surface area contributed by atoms with Gasteiger partial charge < -0.3 is 80.2 Å². The SMILES string of the molecule is O=C(O)c1cc(O)c2c(c1)C([C@H]1c3cc(C(=O)O)cc(O)c3C(=O)c3c(O[C@@H]4OC(CO)[C@@H](O)[C@H](O)[C@H]4O)cccc31)c1cccc(OC3O[C@H](CO)[C@@H](O)[C@H](O)[C@H]3O)c1C2=O. The van der Waals surface area contributed by atoms with Crippen molar-refractivity contribution in [3.8, 4) is 23.0 Å². The molecule has 0 amide bonds. The summed E-state index contributed by atoms with van der Waals surface area (Å²) in [4.78, 5) is 54.2. The second-order valence-corrected chi connectivity index (χ2v) is 15.2. The van der Waals surface area contributed by atoms with Crippen LogP contribution in [-0.2, 0) is 9.47 Å². The number of carboxylic acid groups (broad SMARTS) is 2. The predicted molar refractivity (Wildman–Crippen MR) is 202 cm³/mol. The number of ether oxygens (including phenoxy) is 4. The highest BCUT2D eigenvalue weighted by molar-refractivity contribution is 6.18. The van der Waals surface area contributed by atoms with Gasteiger partial charge >= 0.3 is 11.9 Å². The van der Waals surface area contributed by atoms with Crippen molar-refractivity contribution in [3.63, 3.8) is 0 Å². The Hall–Kier alpha value is -6.04. The number of hydrogen-bond donors (Lipinski definition) is 12. The van der Waals surface area contributed by atoms with Crippen LogP contribution in [0, 0.1) is 0 Å².